The van der Waals surface area contributed by atoms with Crippen LogP contribution in [0.1, 0.15) is 15.9 Å². The number of amides is 1. The second-order valence-corrected chi connectivity index (χ2v) is 4.02. The molecule has 0 aliphatic carbocycles. The third kappa shape index (κ3) is 2.22. The molecule has 0 heterocycles. The Morgan fingerprint density at radius 3 is 2.44 bits per heavy atom. The highest BCUT2D eigenvalue weighted by Gasteiger charge is 2.12. The molecule has 0 unspecified atom stereocenters. The highest BCUT2D eigenvalue weighted by Crippen LogP contribution is 2.26. The van der Waals surface area contributed by atoms with Crippen LogP contribution >= 0.6 is 0 Å². The van der Waals surface area contributed by atoms with Crippen molar-refractivity contribution >= 4 is 5.91 Å². The van der Waals surface area contributed by atoms with Gasteiger partial charge in [-0.25, -0.2) is 8.78 Å². The number of primary amides is 1. The van der Waals surface area contributed by atoms with E-state index in [1.807, 2.05) is 0 Å². The average Bonchev–Trinajstić information content (AvgIpc) is 2.32. The van der Waals surface area contributed by atoms with E-state index in [-0.39, 0.29) is 5.56 Å². The van der Waals surface area contributed by atoms with Crippen molar-refractivity contribution in [2.45, 2.75) is 6.92 Å². The molecule has 0 saturated heterocycles. The van der Waals surface area contributed by atoms with E-state index in [1.54, 1.807) is 19.1 Å². The lowest BCUT2D eigenvalue weighted by molar-refractivity contribution is 0.100. The van der Waals surface area contributed by atoms with E-state index in [1.165, 1.54) is 18.2 Å². The van der Waals surface area contributed by atoms with E-state index in [4.69, 9.17) is 5.73 Å². The van der Waals surface area contributed by atoms with Gasteiger partial charge >= 0.3 is 0 Å². The molecule has 18 heavy (non-hydrogen) atoms. The molecule has 0 bridgehead atoms. The van der Waals surface area contributed by atoms with Crippen LogP contribution in [0.3, 0.4) is 0 Å². The molecule has 2 aromatic carbocycles. The Morgan fingerprint density at radius 1 is 1.11 bits per heavy atom. The van der Waals surface area contributed by atoms with Gasteiger partial charge in [0.05, 0.1) is 0 Å². The summed E-state index contributed by atoms with van der Waals surface area (Å²) in [6.45, 7) is 1.62. The fourth-order valence-corrected chi connectivity index (χ4v) is 1.73. The smallest absolute Gasteiger partial charge is 0.249 e. The van der Waals surface area contributed by atoms with E-state index >= 15 is 0 Å². The Morgan fingerprint density at radius 2 is 1.83 bits per heavy atom. The van der Waals surface area contributed by atoms with Crippen LogP contribution in [-0.2, 0) is 0 Å². The number of halogens is 2. The summed E-state index contributed by atoms with van der Waals surface area (Å²) in [6, 6.07) is 8.07. The van der Waals surface area contributed by atoms with Gasteiger partial charge in [-0.05, 0) is 47.9 Å². The quantitative estimate of drug-likeness (QED) is 0.870. The van der Waals surface area contributed by atoms with Gasteiger partial charge in [0, 0.05) is 5.56 Å². The van der Waals surface area contributed by atoms with E-state index in [9.17, 15) is 13.6 Å². The zero-order valence-corrected chi connectivity index (χ0v) is 9.71. The Labute approximate surface area is 103 Å². The Kier molecular flexibility index (Phi) is 3.10. The molecule has 92 valence electrons. The van der Waals surface area contributed by atoms with Gasteiger partial charge in [-0.2, -0.15) is 0 Å². The van der Waals surface area contributed by atoms with Crippen LogP contribution in [-0.4, -0.2) is 5.91 Å². The molecule has 0 aromatic heterocycles. The first-order valence-corrected chi connectivity index (χ1v) is 5.35. The van der Waals surface area contributed by atoms with Gasteiger partial charge in [0.25, 0.3) is 0 Å². The van der Waals surface area contributed by atoms with Gasteiger partial charge in [-0.1, -0.05) is 12.1 Å². The molecule has 0 saturated carbocycles. The van der Waals surface area contributed by atoms with Crippen LogP contribution in [0.5, 0.6) is 0 Å². The lowest BCUT2D eigenvalue weighted by Gasteiger charge is -2.08. The van der Waals surface area contributed by atoms with Crippen molar-refractivity contribution in [1.82, 2.24) is 0 Å². The molecule has 1 amide bonds. The first-order valence-electron chi connectivity index (χ1n) is 5.35. The highest BCUT2D eigenvalue weighted by atomic mass is 19.1. The molecule has 2 rings (SSSR count). The van der Waals surface area contributed by atoms with Crippen LogP contribution in [0.4, 0.5) is 8.78 Å². The van der Waals surface area contributed by atoms with Gasteiger partial charge in [-0.15, -0.1) is 0 Å². The fraction of sp³-hybridized carbons (Fsp3) is 0.0714. The summed E-state index contributed by atoms with van der Waals surface area (Å²) >= 11 is 0. The van der Waals surface area contributed by atoms with Gasteiger partial charge in [0.2, 0.25) is 5.91 Å². The Bertz CT molecular complexity index is 623. The van der Waals surface area contributed by atoms with Crippen molar-refractivity contribution in [1.29, 1.82) is 0 Å². The summed E-state index contributed by atoms with van der Waals surface area (Å²) in [5.74, 6) is -1.59. The minimum absolute atomic E-state index is 0.166. The number of rotatable bonds is 2. The largest absolute Gasteiger partial charge is 0.366 e. The van der Waals surface area contributed by atoms with Gasteiger partial charge in [-0.3, -0.25) is 4.79 Å². The summed E-state index contributed by atoms with van der Waals surface area (Å²) in [7, 11) is 0. The lowest BCUT2D eigenvalue weighted by Crippen LogP contribution is -2.12. The number of nitrogens with two attached hydrogens (primary N) is 1. The summed E-state index contributed by atoms with van der Waals surface area (Å²) in [5.41, 5.74) is 6.58. The lowest BCUT2D eigenvalue weighted by atomic mass is 9.98. The number of hydrogen-bond donors (Lipinski definition) is 1. The Balaban J connectivity index is 2.65. The number of hydrogen-bond acceptors (Lipinski definition) is 1. The average molecular weight is 247 g/mol. The predicted octanol–water partition coefficient (Wildman–Crippen LogP) is 3.04. The van der Waals surface area contributed by atoms with E-state index < -0.39 is 17.5 Å². The molecule has 2 aromatic rings. The molecule has 0 aliphatic heterocycles. The predicted molar refractivity (Wildman–Crippen MR) is 65.0 cm³/mol. The second kappa shape index (κ2) is 4.56. The first-order chi connectivity index (χ1) is 8.49. The molecular formula is C14H11F2NO. The van der Waals surface area contributed by atoms with Gasteiger partial charge < -0.3 is 5.73 Å². The maximum Gasteiger partial charge on any atom is 0.249 e. The monoisotopic (exact) mass is 247 g/mol. The third-order valence-corrected chi connectivity index (χ3v) is 2.73. The van der Waals surface area contributed by atoms with Crippen molar-refractivity contribution in [3.05, 3.63) is 59.2 Å². The second-order valence-electron chi connectivity index (χ2n) is 4.02. The molecular weight excluding hydrogens is 236 g/mol. The Hall–Kier alpha value is -2.23. The SMILES string of the molecule is Cc1ccc(-c2cc(F)ccc2C(N)=O)cc1F. The molecule has 0 spiro atoms. The normalized spacial score (nSPS) is 10.4. The standard InChI is InChI=1S/C14H11F2NO/c1-8-2-3-9(6-13(8)16)12-7-10(15)4-5-11(12)14(17)18/h2-7H,1H3,(H2,17,18). The fourth-order valence-electron chi connectivity index (χ4n) is 1.73. The summed E-state index contributed by atoms with van der Waals surface area (Å²) in [6.07, 6.45) is 0. The number of carbonyl (C=O) groups excluding carboxylic acids is 1. The van der Waals surface area contributed by atoms with Crippen molar-refractivity contribution in [2.24, 2.45) is 5.73 Å². The van der Waals surface area contributed by atoms with Crippen molar-refractivity contribution < 1.29 is 13.6 Å². The molecule has 0 atom stereocenters. The maximum atomic E-state index is 13.5. The van der Waals surface area contributed by atoms with Crippen molar-refractivity contribution in [3.8, 4) is 11.1 Å². The number of benzene rings is 2. The molecule has 0 fully saturated rings. The molecule has 2 N–H and O–H groups in total. The topological polar surface area (TPSA) is 43.1 Å². The molecule has 2 nitrogen and oxygen atoms in total. The number of aryl methyl sites for hydroxylation is 1. The minimum Gasteiger partial charge on any atom is -0.366 e. The van der Waals surface area contributed by atoms with Crippen LogP contribution in [0.2, 0.25) is 0 Å². The van der Waals surface area contributed by atoms with Gasteiger partial charge in [0.15, 0.2) is 0 Å². The van der Waals surface area contributed by atoms with Crippen LogP contribution in [0, 0.1) is 18.6 Å². The zero-order chi connectivity index (χ0) is 13.3. The first kappa shape index (κ1) is 12.2. The van der Waals surface area contributed by atoms with E-state index in [0.717, 1.165) is 6.07 Å². The summed E-state index contributed by atoms with van der Waals surface area (Å²) in [4.78, 5) is 11.3. The van der Waals surface area contributed by atoms with Crippen LogP contribution in [0.15, 0.2) is 36.4 Å². The van der Waals surface area contributed by atoms with Crippen LogP contribution < -0.4 is 5.73 Å². The maximum absolute atomic E-state index is 13.5. The number of carbonyl (C=O) groups is 1. The van der Waals surface area contributed by atoms with Crippen molar-refractivity contribution in [3.63, 3.8) is 0 Å². The third-order valence-electron chi connectivity index (χ3n) is 2.73. The summed E-state index contributed by atoms with van der Waals surface area (Å²) < 4.78 is 26.7. The van der Waals surface area contributed by atoms with Crippen molar-refractivity contribution in [2.75, 3.05) is 0 Å². The van der Waals surface area contributed by atoms with E-state index in [0.29, 0.717) is 16.7 Å². The van der Waals surface area contributed by atoms with Gasteiger partial charge in [0.1, 0.15) is 11.6 Å². The minimum atomic E-state index is -0.675. The van der Waals surface area contributed by atoms with Crippen LogP contribution in [0.25, 0.3) is 11.1 Å². The highest BCUT2D eigenvalue weighted by molar-refractivity contribution is 5.99. The molecule has 4 heteroatoms. The summed E-state index contributed by atoms with van der Waals surface area (Å²) in [5, 5.41) is 0. The van der Waals surface area contributed by atoms with E-state index in [2.05, 4.69) is 0 Å². The molecule has 0 radical (unpaired) electrons. The molecule has 0 aliphatic rings. The zero-order valence-electron chi connectivity index (χ0n) is 9.71.